The maximum atomic E-state index is 13.6. The zero-order chi connectivity index (χ0) is 12.1. The first-order valence-corrected chi connectivity index (χ1v) is 8.18. The van der Waals surface area contributed by atoms with Crippen LogP contribution in [0.25, 0.3) is 0 Å². The minimum atomic E-state index is -0.299. The maximum absolute atomic E-state index is 13.6. The number of hydrogen-bond donors (Lipinski definition) is 1. The highest BCUT2D eigenvalue weighted by molar-refractivity contribution is 8.06. The lowest BCUT2D eigenvalue weighted by atomic mass is 10.2. The molecule has 0 aliphatic carbocycles. The fourth-order valence-corrected chi connectivity index (χ4v) is 4.55. The Hall–Kier alpha value is 0.1000. The molecule has 1 saturated heterocycles. The Balaban J connectivity index is 1.79. The Morgan fingerprint density at radius 3 is 3.06 bits per heavy atom. The van der Waals surface area contributed by atoms with Crippen LogP contribution in [0.4, 0.5) is 4.39 Å². The molecule has 0 amide bonds. The summed E-state index contributed by atoms with van der Waals surface area (Å²) in [6, 6.07) is 5.14. The summed E-state index contributed by atoms with van der Waals surface area (Å²) in [4.78, 5) is 0. The fraction of sp³-hybridized carbons (Fsp3) is 0.500. The summed E-state index contributed by atoms with van der Waals surface area (Å²) >= 11 is 9.73. The monoisotopic (exact) mass is 291 g/mol. The quantitative estimate of drug-likeness (QED) is 0.913. The van der Waals surface area contributed by atoms with Crippen LogP contribution in [0.2, 0.25) is 5.02 Å². The summed E-state index contributed by atoms with van der Waals surface area (Å²) in [5, 5.41) is 4.16. The number of rotatable bonds is 4. The van der Waals surface area contributed by atoms with Crippen molar-refractivity contribution in [3.05, 3.63) is 34.6 Å². The second-order valence-electron chi connectivity index (χ2n) is 3.91. The van der Waals surface area contributed by atoms with E-state index in [9.17, 15) is 4.39 Å². The molecule has 0 radical (unpaired) electrons. The molecule has 1 nitrogen and oxygen atoms in total. The van der Waals surface area contributed by atoms with Gasteiger partial charge in [0.2, 0.25) is 0 Å². The zero-order valence-electron chi connectivity index (χ0n) is 9.42. The van der Waals surface area contributed by atoms with Gasteiger partial charge in [0.05, 0.1) is 5.02 Å². The molecule has 1 aliphatic rings. The summed E-state index contributed by atoms with van der Waals surface area (Å²) in [6.07, 6.45) is 0. The van der Waals surface area contributed by atoms with Gasteiger partial charge in [-0.3, -0.25) is 0 Å². The van der Waals surface area contributed by atoms with E-state index in [1.54, 1.807) is 18.2 Å². The molecule has 0 saturated carbocycles. The van der Waals surface area contributed by atoms with Gasteiger partial charge in [0.25, 0.3) is 0 Å². The highest BCUT2D eigenvalue weighted by atomic mass is 35.5. The van der Waals surface area contributed by atoms with Crippen LogP contribution in [0.15, 0.2) is 18.2 Å². The van der Waals surface area contributed by atoms with Crippen LogP contribution < -0.4 is 5.32 Å². The van der Waals surface area contributed by atoms with E-state index in [1.165, 1.54) is 17.3 Å². The van der Waals surface area contributed by atoms with E-state index in [0.29, 0.717) is 17.4 Å². The molecule has 94 valence electrons. The third kappa shape index (κ3) is 4.05. The first kappa shape index (κ1) is 13.5. The van der Waals surface area contributed by atoms with E-state index in [-0.39, 0.29) is 10.8 Å². The Bertz CT molecular complexity index is 370. The molecule has 1 heterocycles. The third-order valence-electron chi connectivity index (χ3n) is 2.60. The first-order valence-electron chi connectivity index (χ1n) is 5.60. The van der Waals surface area contributed by atoms with Gasteiger partial charge >= 0.3 is 0 Å². The Labute approximate surface area is 115 Å². The van der Waals surface area contributed by atoms with Crippen molar-refractivity contribution < 1.29 is 4.39 Å². The lowest BCUT2D eigenvalue weighted by Crippen LogP contribution is -2.28. The van der Waals surface area contributed by atoms with Gasteiger partial charge in [0.1, 0.15) is 5.82 Å². The van der Waals surface area contributed by atoms with Gasteiger partial charge in [-0.25, -0.2) is 4.39 Å². The van der Waals surface area contributed by atoms with Gasteiger partial charge in [0, 0.05) is 41.2 Å². The van der Waals surface area contributed by atoms with Gasteiger partial charge < -0.3 is 5.32 Å². The van der Waals surface area contributed by atoms with Crippen LogP contribution in [-0.4, -0.2) is 29.1 Å². The number of hydrogen-bond acceptors (Lipinski definition) is 3. The summed E-state index contributed by atoms with van der Waals surface area (Å²) in [5.74, 6) is 3.37. The molecule has 0 spiro atoms. The molecule has 1 aromatic rings. The SMILES string of the molecule is Fc1c(Cl)cccc1CNCC1CSCCS1. The third-order valence-corrected chi connectivity index (χ3v) is 5.74. The Kier molecular flexibility index (Phi) is 5.48. The minimum absolute atomic E-state index is 0.201. The smallest absolute Gasteiger partial charge is 0.146 e. The lowest BCUT2D eigenvalue weighted by Gasteiger charge is -2.21. The van der Waals surface area contributed by atoms with Crippen molar-refractivity contribution in [1.82, 2.24) is 5.32 Å². The van der Waals surface area contributed by atoms with E-state index in [1.807, 2.05) is 23.5 Å². The summed E-state index contributed by atoms with van der Waals surface area (Å²) in [7, 11) is 0. The van der Waals surface area contributed by atoms with Crippen LogP contribution in [0.1, 0.15) is 5.56 Å². The molecule has 17 heavy (non-hydrogen) atoms. The Morgan fingerprint density at radius 1 is 1.41 bits per heavy atom. The maximum Gasteiger partial charge on any atom is 0.146 e. The van der Waals surface area contributed by atoms with E-state index < -0.39 is 0 Å². The predicted octanol–water partition coefficient (Wildman–Crippen LogP) is 3.42. The normalized spacial score (nSPS) is 20.5. The number of halogens is 2. The zero-order valence-corrected chi connectivity index (χ0v) is 11.8. The van der Waals surface area contributed by atoms with Crippen LogP contribution >= 0.6 is 35.1 Å². The number of nitrogens with one attached hydrogen (secondary N) is 1. The summed E-state index contributed by atoms with van der Waals surface area (Å²) < 4.78 is 13.6. The fourth-order valence-electron chi connectivity index (χ4n) is 1.71. The minimum Gasteiger partial charge on any atom is -0.311 e. The van der Waals surface area contributed by atoms with E-state index in [2.05, 4.69) is 5.32 Å². The second kappa shape index (κ2) is 6.88. The molecule has 5 heteroatoms. The molecular weight excluding hydrogens is 277 g/mol. The van der Waals surface area contributed by atoms with Gasteiger partial charge in [-0.05, 0) is 6.07 Å². The van der Waals surface area contributed by atoms with Crippen molar-refractivity contribution in [3.63, 3.8) is 0 Å². The average molecular weight is 292 g/mol. The number of benzene rings is 1. The van der Waals surface area contributed by atoms with Gasteiger partial charge in [-0.2, -0.15) is 23.5 Å². The Morgan fingerprint density at radius 2 is 2.29 bits per heavy atom. The molecule has 1 fully saturated rings. The molecule has 2 rings (SSSR count). The standard InChI is InChI=1S/C12H15ClFNS2/c13-11-3-1-2-9(12(11)14)6-15-7-10-8-16-4-5-17-10/h1-3,10,15H,4-8H2. The molecular formula is C12H15ClFNS2. The molecule has 0 bridgehead atoms. The van der Waals surface area contributed by atoms with Crippen molar-refractivity contribution in [2.45, 2.75) is 11.8 Å². The number of thioether (sulfide) groups is 2. The average Bonchev–Trinajstić information content (AvgIpc) is 2.36. The highest BCUT2D eigenvalue weighted by Crippen LogP contribution is 2.23. The largest absolute Gasteiger partial charge is 0.311 e. The van der Waals surface area contributed by atoms with E-state index >= 15 is 0 Å². The van der Waals surface area contributed by atoms with Gasteiger partial charge in [-0.1, -0.05) is 23.7 Å². The lowest BCUT2D eigenvalue weighted by molar-refractivity contribution is 0.589. The summed E-state index contributed by atoms with van der Waals surface area (Å²) in [6.45, 7) is 1.48. The van der Waals surface area contributed by atoms with Crippen LogP contribution in [0.5, 0.6) is 0 Å². The molecule has 1 atom stereocenters. The van der Waals surface area contributed by atoms with Crippen LogP contribution in [-0.2, 0) is 6.54 Å². The molecule has 1 aromatic carbocycles. The van der Waals surface area contributed by atoms with Gasteiger partial charge in [-0.15, -0.1) is 0 Å². The van der Waals surface area contributed by atoms with Gasteiger partial charge in [0.15, 0.2) is 0 Å². The topological polar surface area (TPSA) is 12.0 Å². The molecule has 0 aromatic heterocycles. The van der Waals surface area contributed by atoms with Crippen LogP contribution in [0.3, 0.4) is 0 Å². The van der Waals surface area contributed by atoms with E-state index in [4.69, 9.17) is 11.6 Å². The van der Waals surface area contributed by atoms with E-state index in [0.717, 1.165) is 6.54 Å². The molecule has 1 N–H and O–H groups in total. The van der Waals surface area contributed by atoms with Crippen molar-refractivity contribution in [2.75, 3.05) is 23.8 Å². The van der Waals surface area contributed by atoms with Crippen molar-refractivity contribution in [1.29, 1.82) is 0 Å². The molecule has 1 aliphatic heterocycles. The highest BCUT2D eigenvalue weighted by Gasteiger charge is 2.14. The summed E-state index contributed by atoms with van der Waals surface area (Å²) in [5.41, 5.74) is 0.644. The van der Waals surface area contributed by atoms with Crippen molar-refractivity contribution in [3.8, 4) is 0 Å². The first-order chi connectivity index (χ1) is 8.27. The molecule has 1 unspecified atom stereocenters. The van der Waals surface area contributed by atoms with Crippen molar-refractivity contribution in [2.24, 2.45) is 0 Å². The second-order valence-corrected chi connectivity index (χ2v) is 6.88. The van der Waals surface area contributed by atoms with Crippen molar-refractivity contribution >= 4 is 35.1 Å². The predicted molar refractivity (Wildman–Crippen MR) is 76.7 cm³/mol. The van der Waals surface area contributed by atoms with Crippen LogP contribution in [0, 0.1) is 5.82 Å².